The van der Waals surface area contributed by atoms with Gasteiger partial charge in [0.25, 0.3) is 6.43 Å². The van der Waals surface area contributed by atoms with Gasteiger partial charge in [-0.15, -0.1) is 0 Å². The Kier molecular flexibility index (Phi) is 2.75. The quantitative estimate of drug-likeness (QED) is 0.823. The summed E-state index contributed by atoms with van der Waals surface area (Å²) in [7, 11) is 0. The third-order valence-corrected chi connectivity index (χ3v) is 2.48. The molecule has 0 aliphatic rings. The van der Waals surface area contributed by atoms with Gasteiger partial charge in [-0.2, -0.15) is 0 Å². The second kappa shape index (κ2) is 4.06. The number of rotatable bonds is 2. The van der Waals surface area contributed by atoms with Crippen molar-refractivity contribution in [3.63, 3.8) is 0 Å². The highest BCUT2D eigenvalue weighted by atomic mass is 19.3. The summed E-state index contributed by atoms with van der Waals surface area (Å²) >= 11 is 0. The Balaban J connectivity index is 2.70. The summed E-state index contributed by atoms with van der Waals surface area (Å²) in [5, 5.41) is 20.0. The number of phenols is 1. The number of fused-ring (bicyclic) bond motifs is 1. The smallest absolute Gasteiger partial charge is 0.268 e. The average Bonchev–Trinajstić information content (AvgIpc) is 2.28. The molecule has 2 nitrogen and oxygen atoms in total. The molecule has 0 radical (unpaired) electrons. The van der Waals surface area contributed by atoms with Gasteiger partial charge in [-0.1, -0.05) is 30.3 Å². The molecule has 0 aliphatic carbocycles. The van der Waals surface area contributed by atoms with Crippen LogP contribution in [0.3, 0.4) is 0 Å². The molecule has 2 aromatic carbocycles. The minimum absolute atomic E-state index is 0.117. The molecule has 0 aliphatic heterocycles. The Hall–Kier alpha value is -1.68. The molecule has 0 saturated carbocycles. The van der Waals surface area contributed by atoms with E-state index in [1.807, 2.05) is 0 Å². The van der Waals surface area contributed by atoms with E-state index in [1.165, 1.54) is 6.07 Å². The molecule has 0 saturated heterocycles. The maximum atomic E-state index is 12.5. The zero-order valence-electron chi connectivity index (χ0n) is 8.27. The number of aliphatic hydroxyl groups is 1. The molecule has 4 heteroatoms. The fraction of sp³-hybridized carbons (Fsp3) is 0.167. The SMILES string of the molecule is Oc1ccc2ccccc2c1C(O)C(F)F. The van der Waals surface area contributed by atoms with Crippen LogP contribution in [-0.4, -0.2) is 16.6 Å². The van der Waals surface area contributed by atoms with Gasteiger partial charge >= 0.3 is 0 Å². The average molecular weight is 224 g/mol. The molecule has 0 fully saturated rings. The van der Waals surface area contributed by atoms with Crippen LogP contribution in [0, 0.1) is 0 Å². The topological polar surface area (TPSA) is 40.5 Å². The number of aliphatic hydroxyl groups excluding tert-OH is 1. The van der Waals surface area contributed by atoms with Crippen molar-refractivity contribution in [2.24, 2.45) is 0 Å². The third kappa shape index (κ3) is 1.72. The second-order valence-corrected chi connectivity index (χ2v) is 3.50. The molecule has 0 bridgehead atoms. The van der Waals surface area contributed by atoms with E-state index in [4.69, 9.17) is 0 Å². The molecule has 0 aromatic heterocycles. The van der Waals surface area contributed by atoms with E-state index in [9.17, 15) is 19.0 Å². The van der Waals surface area contributed by atoms with Crippen molar-refractivity contribution in [2.45, 2.75) is 12.5 Å². The lowest BCUT2D eigenvalue weighted by atomic mass is 9.99. The highest BCUT2D eigenvalue weighted by Crippen LogP contribution is 2.34. The van der Waals surface area contributed by atoms with Gasteiger partial charge in [-0.3, -0.25) is 0 Å². The first kappa shape index (κ1) is 10.8. The van der Waals surface area contributed by atoms with Gasteiger partial charge in [0.15, 0.2) is 0 Å². The first-order valence-electron chi connectivity index (χ1n) is 4.78. The monoisotopic (exact) mass is 224 g/mol. The first-order valence-corrected chi connectivity index (χ1v) is 4.78. The van der Waals surface area contributed by atoms with Gasteiger partial charge in [0.2, 0.25) is 0 Å². The normalized spacial score (nSPS) is 13.2. The van der Waals surface area contributed by atoms with Crippen molar-refractivity contribution < 1.29 is 19.0 Å². The van der Waals surface area contributed by atoms with E-state index >= 15 is 0 Å². The number of hydrogen-bond donors (Lipinski definition) is 2. The van der Waals surface area contributed by atoms with Gasteiger partial charge < -0.3 is 10.2 Å². The minimum Gasteiger partial charge on any atom is -0.508 e. The maximum absolute atomic E-state index is 12.5. The highest BCUT2D eigenvalue weighted by molar-refractivity contribution is 5.88. The van der Waals surface area contributed by atoms with Crippen molar-refractivity contribution in [1.29, 1.82) is 0 Å². The summed E-state index contributed by atoms with van der Waals surface area (Å²) in [4.78, 5) is 0. The summed E-state index contributed by atoms with van der Waals surface area (Å²) in [5.41, 5.74) is -0.117. The first-order chi connectivity index (χ1) is 7.61. The highest BCUT2D eigenvalue weighted by Gasteiger charge is 2.24. The van der Waals surface area contributed by atoms with Gasteiger partial charge in [-0.05, 0) is 16.8 Å². The van der Waals surface area contributed by atoms with Gasteiger partial charge in [0.1, 0.15) is 11.9 Å². The number of hydrogen-bond acceptors (Lipinski definition) is 2. The lowest BCUT2D eigenvalue weighted by Crippen LogP contribution is -2.08. The van der Waals surface area contributed by atoms with Crippen LogP contribution in [0.25, 0.3) is 10.8 Å². The number of alkyl halides is 2. The molecule has 1 atom stereocenters. The van der Waals surface area contributed by atoms with Gasteiger partial charge in [-0.25, -0.2) is 8.78 Å². The van der Waals surface area contributed by atoms with E-state index < -0.39 is 12.5 Å². The molecule has 2 aromatic rings. The van der Waals surface area contributed by atoms with E-state index in [1.54, 1.807) is 30.3 Å². The summed E-state index contributed by atoms with van der Waals surface area (Å²) in [5.74, 6) is -0.313. The van der Waals surface area contributed by atoms with Crippen molar-refractivity contribution in [2.75, 3.05) is 0 Å². The maximum Gasteiger partial charge on any atom is 0.268 e. The van der Waals surface area contributed by atoms with E-state index in [2.05, 4.69) is 0 Å². The van der Waals surface area contributed by atoms with Crippen molar-refractivity contribution in [3.05, 3.63) is 42.0 Å². The van der Waals surface area contributed by atoms with Crippen LogP contribution in [0.2, 0.25) is 0 Å². The number of halogens is 2. The Morgan fingerprint density at radius 3 is 2.38 bits per heavy atom. The van der Waals surface area contributed by atoms with E-state index in [0.29, 0.717) is 10.8 Å². The zero-order valence-corrected chi connectivity index (χ0v) is 8.27. The summed E-state index contributed by atoms with van der Waals surface area (Å²) in [6.07, 6.45) is -4.89. The molecule has 0 spiro atoms. The fourth-order valence-electron chi connectivity index (χ4n) is 1.72. The molecule has 0 heterocycles. The second-order valence-electron chi connectivity index (χ2n) is 3.50. The van der Waals surface area contributed by atoms with Crippen LogP contribution in [0.4, 0.5) is 8.78 Å². The van der Waals surface area contributed by atoms with Gasteiger partial charge in [0.05, 0.1) is 0 Å². The van der Waals surface area contributed by atoms with Crippen LogP contribution < -0.4 is 0 Å². The predicted octanol–water partition coefficient (Wildman–Crippen LogP) is 2.84. The molecular formula is C12H10F2O2. The largest absolute Gasteiger partial charge is 0.508 e. The fourth-order valence-corrected chi connectivity index (χ4v) is 1.72. The number of aromatic hydroxyl groups is 1. The standard InChI is InChI=1S/C12H10F2O2/c13-12(14)11(16)10-8-4-2-1-3-7(8)5-6-9(10)15/h1-6,11-12,15-16H. The van der Waals surface area contributed by atoms with E-state index in [-0.39, 0.29) is 11.3 Å². The number of phenolic OH excluding ortho intramolecular Hbond substituents is 1. The number of benzene rings is 2. The van der Waals surface area contributed by atoms with Crippen LogP contribution in [0.5, 0.6) is 5.75 Å². The molecule has 2 N–H and O–H groups in total. The molecular weight excluding hydrogens is 214 g/mol. The summed E-state index contributed by atoms with van der Waals surface area (Å²) < 4.78 is 24.9. The van der Waals surface area contributed by atoms with Crippen molar-refractivity contribution in [1.82, 2.24) is 0 Å². The van der Waals surface area contributed by atoms with Crippen LogP contribution >= 0.6 is 0 Å². The lowest BCUT2D eigenvalue weighted by molar-refractivity contribution is -0.00610. The Bertz CT molecular complexity index is 511. The predicted molar refractivity (Wildman–Crippen MR) is 56.6 cm³/mol. The Morgan fingerprint density at radius 2 is 1.69 bits per heavy atom. The van der Waals surface area contributed by atoms with Crippen molar-refractivity contribution >= 4 is 10.8 Å². The van der Waals surface area contributed by atoms with Crippen LogP contribution in [0.15, 0.2) is 36.4 Å². The Morgan fingerprint density at radius 1 is 1.00 bits per heavy atom. The summed E-state index contributed by atoms with van der Waals surface area (Å²) in [6, 6.07) is 9.68. The lowest BCUT2D eigenvalue weighted by Gasteiger charge is -2.14. The minimum atomic E-state index is -2.92. The van der Waals surface area contributed by atoms with Crippen LogP contribution in [0.1, 0.15) is 11.7 Å². The van der Waals surface area contributed by atoms with Crippen LogP contribution in [-0.2, 0) is 0 Å². The van der Waals surface area contributed by atoms with E-state index in [0.717, 1.165) is 0 Å². The zero-order chi connectivity index (χ0) is 11.7. The van der Waals surface area contributed by atoms with Crippen molar-refractivity contribution in [3.8, 4) is 5.75 Å². The molecule has 84 valence electrons. The molecule has 0 amide bonds. The third-order valence-electron chi connectivity index (χ3n) is 2.48. The Labute approximate surface area is 90.8 Å². The molecule has 2 rings (SSSR count). The molecule has 16 heavy (non-hydrogen) atoms. The van der Waals surface area contributed by atoms with Gasteiger partial charge in [0, 0.05) is 5.56 Å². The molecule has 1 unspecified atom stereocenters. The summed E-state index contributed by atoms with van der Waals surface area (Å²) in [6.45, 7) is 0.